The number of benzene rings is 1. The van der Waals surface area contributed by atoms with E-state index < -0.39 is 0 Å². The van der Waals surface area contributed by atoms with Gasteiger partial charge in [0.05, 0.1) is 6.61 Å². The van der Waals surface area contributed by atoms with Crippen molar-refractivity contribution in [2.24, 2.45) is 0 Å². The van der Waals surface area contributed by atoms with Crippen LogP contribution in [0.3, 0.4) is 0 Å². The highest BCUT2D eigenvalue weighted by Gasteiger charge is 1.98. The van der Waals surface area contributed by atoms with Crippen LogP contribution < -0.4 is 0 Å². The first-order valence-electron chi connectivity index (χ1n) is 4.53. The predicted octanol–water partition coefficient (Wildman–Crippen LogP) is 2.61. The van der Waals surface area contributed by atoms with Gasteiger partial charge in [-0.05, 0) is 24.0 Å². The summed E-state index contributed by atoms with van der Waals surface area (Å²) in [4.78, 5) is 0. The molecule has 0 atom stereocenters. The molecule has 0 fully saturated rings. The second kappa shape index (κ2) is 4.94. The number of hydrogen-bond donors (Lipinski definition) is 0. The first-order chi connectivity index (χ1) is 5.88. The third kappa shape index (κ3) is 2.35. The average molecular weight is 163 g/mol. The van der Waals surface area contributed by atoms with Crippen LogP contribution in [0.15, 0.2) is 24.3 Å². The van der Waals surface area contributed by atoms with Gasteiger partial charge >= 0.3 is 0 Å². The Kier molecular flexibility index (Phi) is 3.81. The second-order valence-corrected chi connectivity index (χ2v) is 2.97. The Balaban J connectivity index is 2.77. The van der Waals surface area contributed by atoms with Gasteiger partial charge in [0.2, 0.25) is 0 Å². The predicted molar refractivity (Wildman–Crippen MR) is 49.7 cm³/mol. The molecular weight excluding hydrogens is 148 g/mol. The van der Waals surface area contributed by atoms with Crippen LogP contribution in [0.25, 0.3) is 0 Å². The summed E-state index contributed by atoms with van der Waals surface area (Å²) in [5, 5.41) is 10.5. The average Bonchev–Trinajstić information content (AvgIpc) is 2.09. The molecule has 12 heavy (non-hydrogen) atoms. The maximum Gasteiger partial charge on any atom is 0.0862 e. The lowest BCUT2D eigenvalue weighted by Crippen LogP contribution is -1.95. The molecule has 0 aliphatic heterocycles. The smallest absolute Gasteiger partial charge is 0.0862 e. The Bertz CT molecular complexity index is 205. The summed E-state index contributed by atoms with van der Waals surface area (Å²) in [6, 6.07) is 8.22. The van der Waals surface area contributed by atoms with Crippen molar-refractivity contribution in [1.29, 1.82) is 0 Å². The molecule has 1 nitrogen and oxygen atoms in total. The molecule has 0 aromatic heterocycles. The van der Waals surface area contributed by atoms with Gasteiger partial charge in [-0.2, -0.15) is 0 Å². The summed E-state index contributed by atoms with van der Waals surface area (Å²) in [6.45, 7) is 2.16. The van der Waals surface area contributed by atoms with Crippen LogP contribution in [0.4, 0.5) is 0 Å². The molecule has 0 spiro atoms. The molecule has 0 aliphatic carbocycles. The summed E-state index contributed by atoms with van der Waals surface area (Å²) >= 11 is 0. The maximum atomic E-state index is 10.5. The van der Waals surface area contributed by atoms with Crippen LogP contribution in [-0.4, -0.2) is 6.61 Å². The molecule has 0 heterocycles. The zero-order valence-electron chi connectivity index (χ0n) is 7.55. The third-order valence-electron chi connectivity index (χ3n) is 2.01. The monoisotopic (exact) mass is 163 g/mol. The van der Waals surface area contributed by atoms with Gasteiger partial charge in [0.25, 0.3) is 0 Å². The Morgan fingerprint density at radius 3 is 2.17 bits per heavy atom. The van der Waals surface area contributed by atoms with Crippen molar-refractivity contribution in [2.45, 2.75) is 26.2 Å². The molecule has 0 amide bonds. The van der Waals surface area contributed by atoms with Crippen molar-refractivity contribution in [3.63, 3.8) is 0 Å². The lowest BCUT2D eigenvalue weighted by molar-refractivity contribution is 0.197. The van der Waals surface area contributed by atoms with E-state index in [-0.39, 0.29) is 6.61 Å². The van der Waals surface area contributed by atoms with E-state index >= 15 is 0 Å². The molecule has 0 bridgehead atoms. The van der Waals surface area contributed by atoms with Gasteiger partial charge in [-0.25, -0.2) is 5.11 Å². The SMILES string of the molecule is CCCc1ccccc1CC[O]. The van der Waals surface area contributed by atoms with E-state index in [4.69, 9.17) is 0 Å². The van der Waals surface area contributed by atoms with Crippen LogP contribution in [0.5, 0.6) is 0 Å². The van der Waals surface area contributed by atoms with Gasteiger partial charge in [0.15, 0.2) is 0 Å². The zero-order valence-corrected chi connectivity index (χ0v) is 7.55. The van der Waals surface area contributed by atoms with Crippen LogP contribution in [0.1, 0.15) is 24.5 Å². The van der Waals surface area contributed by atoms with Crippen molar-refractivity contribution >= 4 is 0 Å². The number of hydrogen-bond acceptors (Lipinski definition) is 0. The lowest BCUT2D eigenvalue weighted by Gasteiger charge is -2.05. The standard InChI is InChI=1S/C11H15O/c1-2-5-10-6-3-4-7-11(10)8-9-12/h3-4,6-7H,2,5,8-9H2,1H3. The minimum Gasteiger partial charge on any atom is -0.236 e. The van der Waals surface area contributed by atoms with Crippen molar-refractivity contribution in [3.8, 4) is 0 Å². The van der Waals surface area contributed by atoms with Crippen molar-refractivity contribution < 1.29 is 5.11 Å². The molecule has 0 saturated carbocycles. The molecule has 1 radical (unpaired) electrons. The third-order valence-corrected chi connectivity index (χ3v) is 2.01. The van der Waals surface area contributed by atoms with E-state index in [0.29, 0.717) is 6.42 Å². The van der Waals surface area contributed by atoms with Crippen LogP contribution in [0, 0.1) is 0 Å². The van der Waals surface area contributed by atoms with E-state index in [0.717, 1.165) is 12.8 Å². The molecule has 1 rings (SSSR count). The quantitative estimate of drug-likeness (QED) is 0.650. The Morgan fingerprint density at radius 1 is 1.08 bits per heavy atom. The number of rotatable bonds is 4. The summed E-state index contributed by atoms with van der Waals surface area (Å²) < 4.78 is 0. The van der Waals surface area contributed by atoms with Crippen molar-refractivity contribution in [1.82, 2.24) is 0 Å². The Hall–Kier alpha value is -0.820. The molecule has 1 aromatic rings. The first kappa shape index (κ1) is 9.27. The van der Waals surface area contributed by atoms with Gasteiger partial charge < -0.3 is 0 Å². The van der Waals surface area contributed by atoms with Crippen molar-refractivity contribution in [3.05, 3.63) is 35.4 Å². The minimum atomic E-state index is 0.000722. The summed E-state index contributed by atoms with van der Waals surface area (Å²) in [7, 11) is 0. The van der Waals surface area contributed by atoms with E-state index in [1.807, 2.05) is 12.1 Å². The van der Waals surface area contributed by atoms with Gasteiger partial charge in [0, 0.05) is 0 Å². The first-order valence-corrected chi connectivity index (χ1v) is 4.53. The molecule has 0 unspecified atom stereocenters. The molecule has 0 saturated heterocycles. The molecule has 1 heteroatoms. The van der Waals surface area contributed by atoms with Gasteiger partial charge in [-0.15, -0.1) is 0 Å². The highest BCUT2D eigenvalue weighted by atomic mass is 16.2. The lowest BCUT2D eigenvalue weighted by atomic mass is 10.0. The van der Waals surface area contributed by atoms with E-state index in [1.54, 1.807) is 0 Å². The van der Waals surface area contributed by atoms with E-state index in [9.17, 15) is 5.11 Å². The largest absolute Gasteiger partial charge is 0.236 e. The molecule has 1 aromatic carbocycles. The van der Waals surface area contributed by atoms with E-state index in [2.05, 4.69) is 19.1 Å². The minimum absolute atomic E-state index is 0.000722. The molecule has 0 aliphatic rings. The number of aryl methyl sites for hydroxylation is 1. The van der Waals surface area contributed by atoms with Crippen LogP contribution in [0.2, 0.25) is 0 Å². The Morgan fingerprint density at radius 2 is 1.67 bits per heavy atom. The van der Waals surface area contributed by atoms with Crippen LogP contribution in [-0.2, 0) is 17.9 Å². The fourth-order valence-electron chi connectivity index (χ4n) is 1.42. The molecule has 65 valence electrons. The van der Waals surface area contributed by atoms with Gasteiger partial charge in [-0.1, -0.05) is 37.6 Å². The van der Waals surface area contributed by atoms with E-state index in [1.165, 1.54) is 11.1 Å². The zero-order chi connectivity index (χ0) is 8.81. The van der Waals surface area contributed by atoms with Crippen LogP contribution >= 0.6 is 0 Å². The summed E-state index contributed by atoms with van der Waals surface area (Å²) in [5.74, 6) is 0. The maximum absolute atomic E-state index is 10.5. The summed E-state index contributed by atoms with van der Waals surface area (Å²) in [6.07, 6.45) is 2.92. The van der Waals surface area contributed by atoms with Gasteiger partial charge in [-0.3, -0.25) is 0 Å². The highest BCUT2D eigenvalue weighted by molar-refractivity contribution is 5.27. The second-order valence-electron chi connectivity index (χ2n) is 2.97. The Labute approximate surface area is 74.1 Å². The normalized spacial score (nSPS) is 10.2. The molecular formula is C11H15O. The fourth-order valence-corrected chi connectivity index (χ4v) is 1.42. The highest BCUT2D eigenvalue weighted by Crippen LogP contribution is 2.11. The van der Waals surface area contributed by atoms with Gasteiger partial charge in [0.1, 0.15) is 0 Å². The molecule has 0 N–H and O–H groups in total. The fraction of sp³-hybridized carbons (Fsp3) is 0.455. The topological polar surface area (TPSA) is 19.9 Å². The summed E-state index contributed by atoms with van der Waals surface area (Å²) in [5.41, 5.74) is 2.57. The van der Waals surface area contributed by atoms with Crippen molar-refractivity contribution in [2.75, 3.05) is 6.61 Å².